The Bertz CT molecular complexity index is 436. The first-order chi connectivity index (χ1) is 9.56. The second-order valence-corrected chi connectivity index (χ2v) is 5.57. The Kier molecular flexibility index (Phi) is 5.23. The Morgan fingerprint density at radius 3 is 2.65 bits per heavy atom. The van der Waals surface area contributed by atoms with Gasteiger partial charge in [-0.25, -0.2) is 0 Å². The zero-order valence-corrected chi connectivity index (χ0v) is 12.0. The van der Waals surface area contributed by atoms with E-state index in [1.54, 1.807) is 12.1 Å². The molecular weight excluding hydrogens is 258 g/mol. The summed E-state index contributed by atoms with van der Waals surface area (Å²) in [6, 6.07) is 5.41. The smallest absolute Gasteiger partial charge is 0.231 e. The lowest BCUT2D eigenvalue weighted by molar-refractivity contribution is 0.131. The van der Waals surface area contributed by atoms with E-state index in [1.165, 1.54) is 0 Å². The number of ether oxygens (including phenoxy) is 2. The third-order valence-corrected chi connectivity index (χ3v) is 3.24. The normalized spacial score (nSPS) is 16.4. The van der Waals surface area contributed by atoms with E-state index in [-0.39, 0.29) is 12.9 Å². The maximum Gasteiger partial charge on any atom is 0.231 e. The van der Waals surface area contributed by atoms with E-state index in [1.807, 2.05) is 6.07 Å². The van der Waals surface area contributed by atoms with Crippen LogP contribution in [0.3, 0.4) is 0 Å². The molecule has 0 radical (unpaired) electrons. The molecule has 3 N–H and O–H groups in total. The second-order valence-electron chi connectivity index (χ2n) is 5.57. The van der Waals surface area contributed by atoms with E-state index < -0.39 is 6.10 Å². The van der Waals surface area contributed by atoms with Gasteiger partial charge in [-0.1, -0.05) is 19.9 Å². The highest BCUT2D eigenvalue weighted by molar-refractivity contribution is 5.45. The SMILES string of the molecule is CC(C)CC(O)CNCC(O)c1ccc2c(c1)OCO2. The first-order valence-corrected chi connectivity index (χ1v) is 7.02. The molecule has 5 nitrogen and oxygen atoms in total. The topological polar surface area (TPSA) is 71.0 Å². The zero-order valence-electron chi connectivity index (χ0n) is 12.0. The molecule has 0 spiro atoms. The molecular formula is C15H23NO4. The van der Waals surface area contributed by atoms with Gasteiger partial charge in [-0.3, -0.25) is 0 Å². The number of nitrogens with one attached hydrogen (secondary N) is 1. The molecule has 0 amide bonds. The third kappa shape index (κ3) is 4.10. The molecule has 2 atom stereocenters. The summed E-state index contributed by atoms with van der Waals surface area (Å²) >= 11 is 0. The van der Waals surface area contributed by atoms with E-state index in [2.05, 4.69) is 19.2 Å². The van der Waals surface area contributed by atoms with Crippen molar-refractivity contribution in [2.24, 2.45) is 5.92 Å². The van der Waals surface area contributed by atoms with Crippen LogP contribution in [-0.2, 0) is 0 Å². The van der Waals surface area contributed by atoms with Crippen molar-refractivity contribution in [3.05, 3.63) is 23.8 Å². The molecule has 1 aliphatic heterocycles. The molecule has 0 aliphatic carbocycles. The van der Waals surface area contributed by atoms with Gasteiger partial charge in [-0.2, -0.15) is 0 Å². The fourth-order valence-electron chi connectivity index (χ4n) is 2.25. The molecule has 112 valence electrons. The van der Waals surface area contributed by atoms with E-state index in [4.69, 9.17) is 9.47 Å². The largest absolute Gasteiger partial charge is 0.454 e. The highest BCUT2D eigenvalue weighted by atomic mass is 16.7. The summed E-state index contributed by atoms with van der Waals surface area (Å²) in [6.07, 6.45) is -0.248. The Morgan fingerprint density at radius 1 is 1.15 bits per heavy atom. The van der Waals surface area contributed by atoms with Crippen LogP contribution in [0.5, 0.6) is 11.5 Å². The minimum Gasteiger partial charge on any atom is -0.454 e. The summed E-state index contributed by atoms with van der Waals surface area (Å²) in [5, 5.41) is 22.9. The van der Waals surface area contributed by atoms with Crippen molar-refractivity contribution in [2.75, 3.05) is 19.9 Å². The van der Waals surface area contributed by atoms with Crippen LogP contribution in [0.15, 0.2) is 18.2 Å². The zero-order chi connectivity index (χ0) is 14.5. The van der Waals surface area contributed by atoms with Crippen LogP contribution in [0.25, 0.3) is 0 Å². The number of fused-ring (bicyclic) bond motifs is 1. The van der Waals surface area contributed by atoms with Gasteiger partial charge in [0, 0.05) is 13.1 Å². The second kappa shape index (κ2) is 6.92. The van der Waals surface area contributed by atoms with Crippen molar-refractivity contribution in [2.45, 2.75) is 32.5 Å². The van der Waals surface area contributed by atoms with Crippen LogP contribution >= 0.6 is 0 Å². The van der Waals surface area contributed by atoms with Crippen LogP contribution in [0.2, 0.25) is 0 Å². The summed E-state index contributed by atoms with van der Waals surface area (Å²) in [5.41, 5.74) is 0.778. The third-order valence-electron chi connectivity index (χ3n) is 3.24. The fourth-order valence-corrected chi connectivity index (χ4v) is 2.25. The Morgan fingerprint density at radius 2 is 1.90 bits per heavy atom. The van der Waals surface area contributed by atoms with Crippen LogP contribution < -0.4 is 14.8 Å². The van der Waals surface area contributed by atoms with Crippen molar-refractivity contribution in [1.82, 2.24) is 5.32 Å². The first kappa shape index (κ1) is 15.1. The van der Waals surface area contributed by atoms with E-state index in [0.29, 0.717) is 30.5 Å². The van der Waals surface area contributed by atoms with Crippen LogP contribution in [0.1, 0.15) is 31.9 Å². The number of hydrogen-bond donors (Lipinski definition) is 3. The average molecular weight is 281 g/mol. The van der Waals surface area contributed by atoms with Gasteiger partial charge in [0.15, 0.2) is 11.5 Å². The summed E-state index contributed by atoms with van der Waals surface area (Å²) < 4.78 is 10.5. The van der Waals surface area contributed by atoms with Crippen molar-refractivity contribution < 1.29 is 19.7 Å². The van der Waals surface area contributed by atoms with Gasteiger partial charge in [-0.15, -0.1) is 0 Å². The molecule has 1 aromatic rings. The molecule has 0 fully saturated rings. The van der Waals surface area contributed by atoms with E-state index in [0.717, 1.165) is 12.0 Å². The van der Waals surface area contributed by atoms with Gasteiger partial charge in [-0.05, 0) is 30.0 Å². The summed E-state index contributed by atoms with van der Waals surface area (Å²) in [5.74, 6) is 1.84. The van der Waals surface area contributed by atoms with Crippen molar-refractivity contribution >= 4 is 0 Å². The highest BCUT2D eigenvalue weighted by Gasteiger charge is 2.16. The van der Waals surface area contributed by atoms with Gasteiger partial charge >= 0.3 is 0 Å². The van der Waals surface area contributed by atoms with Crippen molar-refractivity contribution in [3.63, 3.8) is 0 Å². The molecule has 1 heterocycles. The predicted molar refractivity (Wildman–Crippen MR) is 75.9 cm³/mol. The highest BCUT2D eigenvalue weighted by Crippen LogP contribution is 2.34. The monoisotopic (exact) mass is 281 g/mol. The predicted octanol–water partition coefficient (Wildman–Crippen LogP) is 1.45. The Balaban J connectivity index is 1.79. The summed E-state index contributed by atoms with van der Waals surface area (Å²) in [7, 11) is 0. The summed E-state index contributed by atoms with van der Waals surface area (Å²) in [4.78, 5) is 0. The minimum absolute atomic E-state index is 0.231. The molecule has 5 heteroatoms. The van der Waals surface area contributed by atoms with Gasteiger partial charge in [0.05, 0.1) is 12.2 Å². The lowest BCUT2D eigenvalue weighted by Crippen LogP contribution is -2.31. The van der Waals surface area contributed by atoms with Crippen molar-refractivity contribution in [1.29, 1.82) is 0 Å². The molecule has 0 saturated heterocycles. The molecule has 0 saturated carbocycles. The molecule has 1 aliphatic rings. The van der Waals surface area contributed by atoms with Gasteiger partial charge in [0.1, 0.15) is 0 Å². The van der Waals surface area contributed by atoms with Crippen LogP contribution in [0.4, 0.5) is 0 Å². The minimum atomic E-state index is -0.629. The Labute approximate surface area is 119 Å². The number of aliphatic hydroxyl groups is 2. The van der Waals surface area contributed by atoms with E-state index in [9.17, 15) is 10.2 Å². The molecule has 2 rings (SSSR count). The van der Waals surface area contributed by atoms with E-state index >= 15 is 0 Å². The Hall–Kier alpha value is -1.30. The molecule has 2 unspecified atom stereocenters. The maximum absolute atomic E-state index is 10.1. The lowest BCUT2D eigenvalue weighted by Gasteiger charge is -2.16. The van der Waals surface area contributed by atoms with Crippen LogP contribution in [0, 0.1) is 5.92 Å². The molecule has 20 heavy (non-hydrogen) atoms. The first-order valence-electron chi connectivity index (χ1n) is 7.02. The fraction of sp³-hybridized carbons (Fsp3) is 0.600. The number of aliphatic hydroxyl groups excluding tert-OH is 2. The number of rotatable bonds is 7. The molecule has 0 aromatic heterocycles. The standard InChI is InChI=1S/C15H23NO4/c1-10(2)5-12(17)7-16-8-13(18)11-3-4-14-15(6-11)20-9-19-14/h3-4,6,10,12-13,16-18H,5,7-9H2,1-2H3. The van der Waals surface area contributed by atoms with Gasteiger partial charge in [0.25, 0.3) is 0 Å². The van der Waals surface area contributed by atoms with Crippen molar-refractivity contribution in [3.8, 4) is 11.5 Å². The average Bonchev–Trinajstić information content (AvgIpc) is 2.84. The lowest BCUT2D eigenvalue weighted by atomic mass is 10.1. The molecule has 1 aromatic carbocycles. The quantitative estimate of drug-likeness (QED) is 0.705. The number of benzene rings is 1. The van der Waals surface area contributed by atoms with Gasteiger partial charge < -0.3 is 25.0 Å². The molecule has 0 bridgehead atoms. The maximum atomic E-state index is 10.1. The summed E-state index contributed by atoms with van der Waals surface area (Å²) in [6.45, 7) is 5.26. The number of hydrogen-bond acceptors (Lipinski definition) is 5. The van der Waals surface area contributed by atoms with Crippen LogP contribution in [-0.4, -0.2) is 36.2 Å². The van der Waals surface area contributed by atoms with Gasteiger partial charge in [0.2, 0.25) is 6.79 Å².